The number of aromatic carboxylic acids is 1. The molecule has 0 aliphatic rings. The van der Waals surface area contributed by atoms with E-state index in [-0.39, 0.29) is 18.0 Å². The van der Waals surface area contributed by atoms with Crippen molar-refractivity contribution in [1.82, 2.24) is 10.3 Å². The van der Waals surface area contributed by atoms with Crippen molar-refractivity contribution in [2.75, 3.05) is 24.5 Å². The molecule has 0 saturated carbocycles. The fraction of sp³-hybridized carbons (Fsp3) is 0.417. The highest BCUT2D eigenvalue weighted by Gasteiger charge is 2.12. The molecule has 0 unspecified atom stereocenters. The molecule has 2 N–H and O–H groups in total. The van der Waals surface area contributed by atoms with Crippen molar-refractivity contribution >= 4 is 17.7 Å². The van der Waals surface area contributed by atoms with Crippen LogP contribution in [0.3, 0.4) is 0 Å². The summed E-state index contributed by atoms with van der Waals surface area (Å²) in [6.07, 6.45) is 1.43. The molecule has 0 radical (unpaired) electrons. The van der Waals surface area contributed by atoms with Gasteiger partial charge in [0.2, 0.25) is 5.91 Å². The van der Waals surface area contributed by atoms with Gasteiger partial charge >= 0.3 is 5.97 Å². The monoisotopic (exact) mass is 251 g/mol. The summed E-state index contributed by atoms with van der Waals surface area (Å²) in [7, 11) is 0. The van der Waals surface area contributed by atoms with Gasteiger partial charge < -0.3 is 15.3 Å². The number of hydrogen-bond acceptors (Lipinski definition) is 4. The Balaban J connectivity index is 2.84. The number of aromatic nitrogens is 1. The lowest BCUT2D eigenvalue weighted by Gasteiger charge is -2.21. The minimum atomic E-state index is -1.01. The van der Waals surface area contributed by atoms with E-state index >= 15 is 0 Å². The summed E-state index contributed by atoms with van der Waals surface area (Å²) in [4.78, 5) is 28.2. The number of carbonyl (C=O) groups excluding carboxylic acids is 1. The first-order chi connectivity index (χ1) is 8.58. The third-order valence-corrected chi connectivity index (χ3v) is 2.41. The van der Waals surface area contributed by atoms with Crippen molar-refractivity contribution in [2.24, 2.45) is 0 Å². The second-order valence-electron chi connectivity index (χ2n) is 3.68. The molecule has 0 bridgehead atoms. The summed E-state index contributed by atoms with van der Waals surface area (Å²) >= 11 is 0. The van der Waals surface area contributed by atoms with Crippen LogP contribution in [-0.4, -0.2) is 41.6 Å². The number of carboxylic acid groups (broad SMARTS) is 1. The number of nitrogens with zero attached hydrogens (tertiary/aromatic N) is 2. The van der Waals surface area contributed by atoms with Crippen LogP contribution in [0.4, 0.5) is 5.82 Å². The minimum Gasteiger partial charge on any atom is -0.478 e. The summed E-state index contributed by atoms with van der Waals surface area (Å²) in [5.41, 5.74) is 0.161. The van der Waals surface area contributed by atoms with Gasteiger partial charge in [0, 0.05) is 19.3 Å². The Morgan fingerprint density at radius 1 is 1.44 bits per heavy atom. The molecule has 0 atom stereocenters. The van der Waals surface area contributed by atoms with Crippen molar-refractivity contribution in [2.45, 2.75) is 13.8 Å². The van der Waals surface area contributed by atoms with E-state index in [1.165, 1.54) is 18.3 Å². The largest absolute Gasteiger partial charge is 0.478 e. The molecule has 0 saturated heterocycles. The summed E-state index contributed by atoms with van der Waals surface area (Å²) in [6.45, 7) is 5.04. The molecule has 1 rings (SSSR count). The maximum atomic E-state index is 11.5. The van der Waals surface area contributed by atoms with Crippen molar-refractivity contribution in [3.05, 3.63) is 23.9 Å². The number of likely N-dealkylation sites (N-methyl/N-ethyl adjacent to an activating group) is 2. The van der Waals surface area contributed by atoms with E-state index in [9.17, 15) is 9.59 Å². The number of amides is 1. The molecule has 98 valence electrons. The lowest BCUT2D eigenvalue weighted by atomic mass is 10.2. The molecular weight excluding hydrogens is 234 g/mol. The second kappa shape index (κ2) is 6.58. The average molecular weight is 251 g/mol. The maximum absolute atomic E-state index is 11.5. The predicted octanol–water partition coefficient (Wildman–Crippen LogP) is 0.742. The van der Waals surface area contributed by atoms with E-state index in [1.807, 2.05) is 13.8 Å². The molecule has 1 amide bonds. The molecular formula is C12H17N3O3. The number of carboxylic acids is 1. The van der Waals surface area contributed by atoms with Crippen LogP contribution >= 0.6 is 0 Å². The fourth-order valence-corrected chi connectivity index (χ4v) is 1.51. The topological polar surface area (TPSA) is 82.5 Å². The zero-order valence-corrected chi connectivity index (χ0v) is 10.5. The number of nitrogens with one attached hydrogen (secondary N) is 1. The summed E-state index contributed by atoms with van der Waals surface area (Å²) in [5, 5.41) is 11.6. The van der Waals surface area contributed by atoms with Crippen molar-refractivity contribution in [3.63, 3.8) is 0 Å². The van der Waals surface area contributed by atoms with Gasteiger partial charge in [0.15, 0.2) is 0 Å². The standard InChI is InChI=1S/C12H17N3O3/c1-3-13-11(16)8-15(4-2)10-7-9(12(17)18)5-6-14-10/h5-7H,3-4,8H2,1-2H3,(H,13,16)(H,17,18). The summed E-state index contributed by atoms with van der Waals surface area (Å²) < 4.78 is 0. The Morgan fingerprint density at radius 2 is 2.17 bits per heavy atom. The molecule has 0 fully saturated rings. The van der Waals surface area contributed by atoms with Crippen LogP contribution in [0.2, 0.25) is 0 Å². The lowest BCUT2D eigenvalue weighted by molar-refractivity contribution is -0.119. The molecule has 0 aliphatic carbocycles. The van der Waals surface area contributed by atoms with Crippen LogP contribution in [-0.2, 0) is 4.79 Å². The quantitative estimate of drug-likeness (QED) is 0.779. The smallest absolute Gasteiger partial charge is 0.335 e. The Morgan fingerprint density at radius 3 is 2.72 bits per heavy atom. The third kappa shape index (κ3) is 3.73. The van der Waals surface area contributed by atoms with Gasteiger partial charge in [-0.05, 0) is 26.0 Å². The van der Waals surface area contributed by atoms with Crippen LogP contribution < -0.4 is 10.2 Å². The van der Waals surface area contributed by atoms with Gasteiger partial charge in [0.05, 0.1) is 12.1 Å². The van der Waals surface area contributed by atoms with E-state index in [4.69, 9.17) is 5.11 Å². The van der Waals surface area contributed by atoms with E-state index in [0.717, 1.165) is 0 Å². The molecule has 0 aliphatic heterocycles. The number of pyridine rings is 1. The van der Waals surface area contributed by atoms with Gasteiger partial charge in [-0.1, -0.05) is 0 Å². The first-order valence-electron chi connectivity index (χ1n) is 5.79. The van der Waals surface area contributed by atoms with Gasteiger partial charge in [0.25, 0.3) is 0 Å². The number of rotatable bonds is 6. The molecule has 18 heavy (non-hydrogen) atoms. The Hall–Kier alpha value is -2.11. The van der Waals surface area contributed by atoms with Crippen LogP contribution in [0.15, 0.2) is 18.3 Å². The maximum Gasteiger partial charge on any atom is 0.335 e. The molecule has 1 aromatic heterocycles. The Kier molecular flexibility index (Phi) is 5.10. The number of carbonyl (C=O) groups is 2. The Labute approximate surface area is 106 Å². The first-order valence-corrected chi connectivity index (χ1v) is 5.79. The highest BCUT2D eigenvalue weighted by Crippen LogP contribution is 2.12. The number of hydrogen-bond donors (Lipinski definition) is 2. The van der Waals surface area contributed by atoms with Crippen molar-refractivity contribution in [1.29, 1.82) is 0 Å². The van der Waals surface area contributed by atoms with Gasteiger partial charge in [-0.2, -0.15) is 0 Å². The molecule has 0 spiro atoms. The second-order valence-corrected chi connectivity index (χ2v) is 3.68. The summed E-state index contributed by atoms with van der Waals surface area (Å²) in [5.74, 6) is -0.627. The molecule has 1 aromatic rings. The van der Waals surface area contributed by atoms with Crippen molar-refractivity contribution in [3.8, 4) is 0 Å². The van der Waals surface area contributed by atoms with Crippen LogP contribution in [0.25, 0.3) is 0 Å². The highest BCUT2D eigenvalue weighted by atomic mass is 16.4. The molecule has 6 nitrogen and oxygen atoms in total. The summed E-state index contributed by atoms with van der Waals surface area (Å²) in [6, 6.07) is 2.89. The first kappa shape index (κ1) is 14.0. The van der Waals surface area contributed by atoms with Gasteiger partial charge in [-0.3, -0.25) is 4.79 Å². The minimum absolute atomic E-state index is 0.109. The van der Waals surface area contributed by atoms with Gasteiger partial charge in [0.1, 0.15) is 5.82 Å². The van der Waals surface area contributed by atoms with E-state index in [1.54, 1.807) is 4.90 Å². The highest BCUT2D eigenvalue weighted by molar-refractivity contribution is 5.88. The van der Waals surface area contributed by atoms with E-state index in [0.29, 0.717) is 18.9 Å². The van der Waals surface area contributed by atoms with Crippen molar-refractivity contribution < 1.29 is 14.7 Å². The van der Waals surface area contributed by atoms with Crippen LogP contribution in [0.5, 0.6) is 0 Å². The SMILES string of the molecule is CCNC(=O)CN(CC)c1cc(C(=O)O)ccn1. The van der Waals surface area contributed by atoms with E-state index in [2.05, 4.69) is 10.3 Å². The molecule has 0 aromatic carbocycles. The Bertz CT molecular complexity index is 434. The zero-order chi connectivity index (χ0) is 13.5. The van der Waals surface area contributed by atoms with Gasteiger partial charge in [-0.25, -0.2) is 9.78 Å². The van der Waals surface area contributed by atoms with Gasteiger partial charge in [-0.15, -0.1) is 0 Å². The third-order valence-electron chi connectivity index (χ3n) is 2.41. The zero-order valence-electron chi connectivity index (χ0n) is 10.5. The number of anilines is 1. The van der Waals surface area contributed by atoms with Crippen LogP contribution in [0.1, 0.15) is 24.2 Å². The molecule has 1 heterocycles. The van der Waals surface area contributed by atoms with E-state index < -0.39 is 5.97 Å². The fourth-order valence-electron chi connectivity index (χ4n) is 1.51. The lowest BCUT2D eigenvalue weighted by Crippen LogP contribution is -2.37. The average Bonchev–Trinajstić information content (AvgIpc) is 2.36. The predicted molar refractivity (Wildman–Crippen MR) is 67.8 cm³/mol. The molecule has 6 heteroatoms. The normalized spacial score (nSPS) is 9.89. The van der Waals surface area contributed by atoms with Crippen LogP contribution in [0, 0.1) is 0 Å².